The molecule has 1 heterocycles. The molecule has 102 valence electrons. The second kappa shape index (κ2) is 4.98. The van der Waals surface area contributed by atoms with Crippen LogP contribution in [0.4, 0.5) is 0 Å². The van der Waals surface area contributed by atoms with E-state index in [0.29, 0.717) is 0 Å². The zero-order chi connectivity index (χ0) is 14.1. The Kier molecular flexibility index (Phi) is 3.16. The molecule has 4 nitrogen and oxygen atoms in total. The number of fused-ring (bicyclic) bond motifs is 1. The summed E-state index contributed by atoms with van der Waals surface area (Å²) in [6.07, 6.45) is 9.44. The average molecular weight is 269 g/mol. The first-order valence-electron chi connectivity index (χ1n) is 6.53. The van der Waals surface area contributed by atoms with Crippen molar-refractivity contribution in [1.82, 2.24) is 5.32 Å². The number of carbonyl (C=O) groups excluding carboxylic acids is 1. The Bertz CT molecular complexity index is 638. The average Bonchev–Trinajstić information content (AvgIpc) is 2.43. The molecule has 0 spiro atoms. The molecule has 3 rings (SSSR count). The number of benzene rings is 1. The molecule has 0 fully saturated rings. The van der Waals surface area contributed by atoms with Crippen LogP contribution in [0, 0.1) is 0 Å². The van der Waals surface area contributed by atoms with Crippen LogP contribution in [0.1, 0.15) is 17.2 Å². The fourth-order valence-electron chi connectivity index (χ4n) is 2.53. The highest BCUT2D eigenvalue weighted by molar-refractivity contribution is 6.01. The van der Waals surface area contributed by atoms with Crippen molar-refractivity contribution in [3.05, 3.63) is 59.2 Å². The Morgan fingerprint density at radius 2 is 1.80 bits per heavy atom. The number of nitrogens with one attached hydrogen (secondary N) is 1. The highest BCUT2D eigenvalue weighted by atomic mass is 16.3. The van der Waals surface area contributed by atoms with Gasteiger partial charge in [0.2, 0.25) is 0 Å². The van der Waals surface area contributed by atoms with E-state index >= 15 is 0 Å². The summed E-state index contributed by atoms with van der Waals surface area (Å²) in [5.41, 5.74) is 2.93. The van der Waals surface area contributed by atoms with Gasteiger partial charge in [-0.2, -0.15) is 0 Å². The highest BCUT2D eigenvalue weighted by Gasteiger charge is 2.20. The molecule has 0 amide bonds. The van der Waals surface area contributed by atoms with E-state index in [1.54, 1.807) is 24.3 Å². The van der Waals surface area contributed by atoms with Gasteiger partial charge in [-0.1, -0.05) is 18.2 Å². The van der Waals surface area contributed by atoms with Gasteiger partial charge in [-0.3, -0.25) is 4.79 Å². The molecule has 1 aliphatic heterocycles. The van der Waals surface area contributed by atoms with E-state index < -0.39 is 0 Å². The Morgan fingerprint density at radius 3 is 2.55 bits per heavy atom. The third-order valence-electron chi connectivity index (χ3n) is 3.57. The van der Waals surface area contributed by atoms with Crippen LogP contribution < -0.4 is 5.32 Å². The third-order valence-corrected chi connectivity index (χ3v) is 3.57. The summed E-state index contributed by atoms with van der Waals surface area (Å²) in [5, 5.41) is 22.6. The van der Waals surface area contributed by atoms with Crippen molar-refractivity contribution in [1.29, 1.82) is 0 Å². The molecule has 2 aliphatic rings. The Labute approximate surface area is 116 Å². The lowest BCUT2D eigenvalue weighted by Crippen LogP contribution is -2.28. The number of rotatable bonds is 1. The van der Waals surface area contributed by atoms with Crippen molar-refractivity contribution in [2.24, 2.45) is 0 Å². The van der Waals surface area contributed by atoms with Gasteiger partial charge in [-0.15, -0.1) is 0 Å². The first-order valence-corrected chi connectivity index (χ1v) is 6.53. The van der Waals surface area contributed by atoms with Gasteiger partial charge in [-0.05, 0) is 47.4 Å². The molecule has 0 saturated carbocycles. The van der Waals surface area contributed by atoms with Gasteiger partial charge in [0.05, 0.1) is 6.04 Å². The maximum atomic E-state index is 11.1. The van der Waals surface area contributed by atoms with E-state index in [-0.39, 0.29) is 23.3 Å². The smallest absolute Gasteiger partial charge is 0.178 e. The van der Waals surface area contributed by atoms with Crippen LogP contribution in [-0.4, -0.2) is 22.5 Å². The molecule has 0 saturated heterocycles. The number of hydrogen-bond acceptors (Lipinski definition) is 4. The molecule has 0 radical (unpaired) electrons. The van der Waals surface area contributed by atoms with Crippen molar-refractivity contribution < 1.29 is 15.0 Å². The van der Waals surface area contributed by atoms with Gasteiger partial charge >= 0.3 is 0 Å². The van der Waals surface area contributed by atoms with E-state index in [4.69, 9.17) is 0 Å². The van der Waals surface area contributed by atoms with Crippen molar-refractivity contribution >= 4 is 5.78 Å². The second-order valence-electron chi connectivity index (χ2n) is 4.96. The lowest BCUT2D eigenvalue weighted by atomic mass is 9.92. The topological polar surface area (TPSA) is 69.6 Å². The maximum absolute atomic E-state index is 11.1. The van der Waals surface area contributed by atoms with Crippen LogP contribution in [0.5, 0.6) is 11.5 Å². The standard InChI is InChI=1S/C16H15NO3/c18-12-3-1-10(2-4-12)7-14-13-9-16(20)15(19)8-11(13)5-6-17-14/h1-4,7-9,14,17,19-20H,5-6H2. The van der Waals surface area contributed by atoms with Crippen LogP contribution in [-0.2, 0) is 11.2 Å². The molecule has 1 aromatic carbocycles. The van der Waals surface area contributed by atoms with E-state index in [9.17, 15) is 15.0 Å². The predicted octanol–water partition coefficient (Wildman–Crippen LogP) is 1.91. The maximum Gasteiger partial charge on any atom is 0.178 e. The number of carbonyl (C=O) groups is 1. The number of allylic oxidation sites excluding steroid dienone is 5. The zero-order valence-electron chi connectivity index (χ0n) is 10.8. The molecule has 20 heavy (non-hydrogen) atoms. The minimum Gasteiger partial charge on any atom is -0.504 e. The summed E-state index contributed by atoms with van der Waals surface area (Å²) in [4.78, 5) is 11.1. The van der Waals surface area contributed by atoms with Crippen LogP contribution in [0.2, 0.25) is 0 Å². The van der Waals surface area contributed by atoms with Gasteiger partial charge in [0.15, 0.2) is 17.3 Å². The number of phenolic OH excluding ortho intramolecular Hbond substituents is 2. The lowest BCUT2D eigenvalue weighted by Gasteiger charge is -2.25. The summed E-state index contributed by atoms with van der Waals surface area (Å²) in [6.45, 7) is 0.804. The van der Waals surface area contributed by atoms with Crippen LogP contribution in [0.15, 0.2) is 48.1 Å². The van der Waals surface area contributed by atoms with Gasteiger partial charge in [-0.25, -0.2) is 0 Å². The third kappa shape index (κ3) is 2.38. The summed E-state index contributed by atoms with van der Waals surface area (Å²) in [7, 11) is 0. The molecular weight excluding hydrogens is 254 g/mol. The minimum atomic E-state index is -0.110. The normalized spacial score (nSPS) is 20.9. The molecule has 1 aromatic rings. The molecule has 0 bridgehead atoms. The largest absolute Gasteiger partial charge is 0.504 e. The van der Waals surface area contributed by atoms with Crippen molar-refractivity contribution in [3.8, 4) is 11.5 Å². The summed E-state index contributed by atoms with van der Waals surface area (Å²) in [6, 6.07) is 3.18. The molecule has 3 N–H and O–H groups in total. The quantitative estimate of drug-likeness (QED) is 0.681. The van der Waals surface area contributed by atoms with E-state index in [1.165, 1.54) is 12.2 Å². The molecule has 1 atom stereocenters. The summed E-state index contributed by atoms with van der Waals surface area (Å²) in [5.74, 6) is -0.206. The number of hydrogen-bond donors (Lipinski definition) is 3. The predicted molar refractivity (Wildman–Crippen MR) is 75.6 cm³/mol. The Morgan fingerprint density at radius 1 is 1.10 bits per heavy atom. The Hall–Kier alpha value is -2.33. The van der Waals surface area contributed by atoms with E-state index in [2.05, 4.69) is 5.32 Å². The molecule has 4 heteroatoms. The first-order chi connectivity index (χ1) is 9.63. The lowest BCUT2D eigenvalue weighted by molar-refractivity contribution is -0.110. The minimum absolute atomic E-state index is 0.0123. The van der Waals surface area contributed by atoms with Crippen molar-refractivity contribution in [3.63, 3.8) is 0 Å². The fraction of sp³-hybridized carbons (Fsp3) is 0.188. The van der Waals surface area contributed by atoms with Crippen LogP contribution in [0.3, 0.4) is 0 Å². The van der Waals surface area contributed by atoms with Gasteiger partial charge in [0.25, 0.3) is 0 Å². The Balaban J connectivity index is 1.96. The summed E-state index contributed by atoms with van der Waals surface area (Å²) >= 11 is 0. The van der Waals surface area contributed by atoms with Crippen LogP contribution in [0.25, 0.3) is 0 Å². The highest BCUT2D eigenvalue weighted by Crippen LogP contribution is 2.34. The van der Waals surface area contributed by atoms with E-state index in [1.807, 2.05) is 6.08 Å². The molecule has 1 aliphatic carbocycles. The number of phenols is 2. The first kappa shape index (κ1) is 12.7. The molecule has 0 aromatic heterocycles. The van der Waals surface area contributed by atoms with Gasteiger partial charge in [0.1, 0.15) is 0 Å². The molecule has 1 unspecified atom stereocenters. The second-order valence-corrected chi connectivity index (χ2v) is 4.96. The number of ketones is 1. The summed E-state index contributed by atoms with van der Waals surface area (Å²) < 4.78 is 0. The van der Waals surface area contributed by atoms with E-state index in [0.717, 1.165) is 29.7 Å². The van der Waals surface area contributed by atoms with Gasteiger partial charge < -0.3 is 15.5 Å². The SMILES string of the molecule is O=C1C=CC(=CC2NCCc3cc(O)c(O)cc32)C=C1. The number of aromatic hydroxyl groups is 2. The van der Waals surface area contributed by atoms with Crippen LogP contribution >= 0.6 is 0 Å². The van der Waals surface area contributed by atoms with Crippen molar-refractivity contribution in [2.75, 3.05) is 6.54 Å². The van der Waals surface area contributed by atoms with Gasteiger partial charge in [0, 0.05) is 6.54 Å². The molecular formula is C16H15NO3. The fourth-order valence-corrected chi connectivity index (χ4v) is 2.53. The van der Waals surface area contributed by atoms with Crippen molar-refractivity contribution in [2.45, 2.75) is 12.5 Å². The monoisotopic (exact) mass is 269 g/mol. The zero-order valence-corrected chi connectivity index (χ0v) is 10.8.